The maximum absolute atomic E-state index is 11.7. The second-order valence-corrected chi connectivity index (χ2v) is 4.95. The van der Waals surface area contributed by atoms with Gasteiger partial charge in [0.05, 0.1) is 0 Å². The van der Waals surface area contributed by atoms with Gasteiger partial charge in [0, 0.05) is 12.8 Å². The maximum atomic E-state index is 11.7. The van der Waals surface area contributed by atoms with Gasteiger partial charge in [-0.15, -0.1) is 0 Å². The van der Waals surface area contributed by atoms with Crippen molar-refractivity contribution >= 4 is 11.8 Å². The standard InChI is InChI=1S/C10H19N3O2/c1-10(2,3)9(12-11)13-7(14)5-4-6-8(13)15/h9,12H,4-6,11H2,1-3H3/t9-/m1/s1. The Morgan fingerprint density at radius 2 is 1.73 bits per heavy atom. The summed E-state index contributed by atoms with van der Waals surface area (Å²) in [6.45, 7) is 5.81. The number of likely N-dealkylation sites (tertiary alicyclic amines) is 1. The highest BCUT2D eigenvalue weighted by molar-refractivity contribution is 5.97. The SMILES string of the molecule is CC(C)(C)[C@H](NN)N1C(=O)CCCC1=O. The molecule has 86 valence electrons. The molecule has 0 aromatic carbocycles. The number of hydrogen-bond donors (Lipinski definition) is 2. The number of nitrogens with one attached hydrogen (secondary N) is 1. The number of nitrogens with zero attached hydrogens (tertiary/aromatic N) is 1. The van der Waals surface area contributed by atoms with Crippen molar-refractivity contribution in [3.8, 4) is 0 Å². The largest absolute Gasteiger partial charge is 0.274 e. The summed E-state index contributed by atoms with van der Waals surface area (Å²) in [5, 5.41) is 0. The van der Waals surface area contributed by atoms with E-state index < -0.39 is 6.17 Å². The van der Waals surface area contributed by atoms with Gasteiger partial charge in [0.1, 0.15) is 6.17 Å². The second kappa shape index (κ2) is 4.28. The number of imide groups is 1. The van der Waals surface area contributed by atoms with Crippen LogP contribution in [0, 0.1) is 5.41 Å². The maximum Gasteiger partial charge on any atom is 0.230 e. The molecule has 0 spiro atoms. The molecule has 1 aliphatic rings. The molecule has 0 radical (unpaired) electrons. The molecule has 1 aliphatic heterocycles. The van der Waals surface area contributed by atoms with Gasteiger partial charge in [-0.25, -0.2) is 5.43 Å². The van der Waals surface area contributed by atoms with Gasteiger partial charge in [-0.3, -0.25) is 20.3 Å². The van der Waals surface area contributed by atoms with Crippen molar-refractivity contribution in [3.63, 3.8) is 0 Å². The van der Waals surface area contributed by atoms with Crippen LogP contribution >= 0.6 is 0 Å². The van der Waals surface area contributed by atoms with Crippen molar-refractivity contribution < 1.29 is 9.59 Å². The van der Waals surface area contributed by atoms with Gasteiger partial charge in [0.25, 0.3) is 0 Å². The summed E-state index contributed by atoms with van der Waals surface area (Å²) in [7, 11) is 0. The second-order valence-electron chi connectivity index (χ2n) is 4.95. The van der Waals surface area contributed by atoms with E-state index in [1.165, 1.54) is 4.90 Å². The van der Waals surface area contributed by atoms with E-state index >= 15 is 0 Å². The number of hydrazine groups is 1. The number of amides is 2. The topological polar surface area (TPSA) is 75.4 Å². The van der Waals surface area contributed by atoms with Crippen molar-refractivity contribution in [1.29, 1.82) is 0 Å². The van der Waals surface area contributed by atoms with Gasteiger partial charge in [0.2, 0.25) is 11.8 Å². The summed E-state index contributed by atoms with van der Waals surface area (Å²) in [5.41, 5.74) is 2.29. The van der Waals surface area contributed by atoms with E-state index in [-0.39, 0.29) is 17.2 Å². The molecule has 1 heterocycles. The molecule has 5 nitrogen and oxygen atoms in total. The zero-order valence-corrected chi connectivity index (χ0v) is 9.54. The highest BCUT2D eigenvalue weighted by Gasteiger charge is 2.38. The van der Waals surface area contributed by atoms with Gasteiger partial charge in [0.15, 0.2) is 0 Å². The van der Waals surface area contributed by atoms with E-state index in [1.54, 1.807) is 0 Å². The first-order chi connectivity index (χ1) is 6.88. The van der Waals surface area contributed by atoms with Gasteiger partial charge < -0.3 is 0 Å². The Morgan fingerprint density at radius 3 is 2.07 bits per heavy atom. The van der Waals surface area contributed by atoms with Crippen LogP contribution in [-0.4, -0.2) is 22.9 Å². The van der Waals surface area contributed by atoms with Crippen LogP contribution in [0.25, 0.3) is 0 Å². The molecule has 0 saturated carbocycles. The van der Waals surface area contributed by atoms with E-state index in [2.05, 4.69) is 5.43 Å². The molecule has 3 N–H and O–H groups in total. The lowest BCUT2D eigenvalue weighted by atomic mass is 9.90. The first kappa shape index (κ1) is 12.1. The number of carbonyl (C=O) groups is 2. The van der Waals surface area contributed by atoms with Crippen molar-refractivity contribution in [2.45, 2.75) is 46.2 Å². The highest BCUT2D eigenvalue weighted by atomic mass is 16.2. The molecule has 5 heteroatoms. The zero-order valence-electron chi connectivity index (χ0n) is 9.54. The number of rotatable bonds is 2. The van der Waals surface area contributed by atoms with E-state index in [4.69, 9.17) is 5.84 Å². The van der Waals surface area contributed by atoms with Crippen molar-refractivity contribution in [1.82, 2.24) is 10.3 Å². The number of hydrogen-bond acceptors (Lipinski definition) is 4. The normalized spacial score (nSPS) is 20.7. The Kier molecular flexibility index (Phi) is 3.46. The fourth-order valence-corrected chi connectivity index (χ4v) is 1.77. The van der Waals surface area contributed by atoms with Crippen LogP contribution in [0.2, 0.25) is 0 Å². The monoisotopic (exact) mass is 213 g/mol. The lowest BCUT2D eigenvalue weighted by molar-refractivity contribution is -0.155. The Morgan fingerprint density at radius 1 is 1.27 bits per heavy atom. The molecular weight excluding hydrogens is 194 g/mol. The summed E-state index contributed by atoms with van der Waals surface area (Å²) < 4.78 is 0. The first-order valence-corrected chi connectivity index (χ1v) is 5.19. The molecule has 15 heavy (non-hydrogen) atoms. The minimum Gasteiger partial charge on any atom is -0.274 e. The number of carbonyl (C=O) groups excluding carboxylic acids is 2. The Balaban J connectivity index is 2.91. The molecule has 1 fully saturated rings. The molecule has 1 atom stereocenters. The van der Waals surface area contributed by atoms with Crippen molar-refractivity contribution in [2.75, 3.05) is 0 Å². The minimum absolute atomic E-state index is 0.135. The number of piperidine rings is 1. The van der Waals surface area contributed by atoms with Crippen LogP contribution in [0.15, 0.2) is 0 Å². The van der Waals surface area contributed by atoms with Gasteiger partial charge in [-0.1, -0.05) is 20.8 Å². The number of nitrogens with two attached hydrogens (primary N) is 1. The first-order valence-electron chi connectivity index (χ1n) is 5.19. The van der Waals surface area contributed by atoms with Crippen molar-refractivity contribution in [2.24, 2.45) is 11.3 Å². The molecule has 0 bridgehead atoms. The molecule has 1 rings (SSSR count). The molecule has 0 aromatic rings. The molecule has 0 aromatic heterocycles. The predicted octanol–water partition coefficient (Wildman–Crippen LogP) is 0.361. The van der Waals surface area contributed by atoms with Crippen LogP contribution in [0.1, 0.15) is 40.0 Å². The zero-order chi connectivity index (χ0) is 11.6. The summed E-state index contributed by atoms with van der Waals surface area (Å²) in [5.74, 6) is 5.15. The van der Waals surface area contributed by atoms with Crippen LogP contribution in [-0.2, 0) is 9.59 Å². The summed E-state index contributed by atoms with van der Waals surface area (Å²) in [6, 6.07) is 0. The van der Waals surface area contributed by atoms with Crippen LogP contribution in [0.5, 0.6) is 0 Å². The lowest BCUT2D eigenvalue weighted by Gasteiger charge is -2.39. The fraction of sp³-hybridized carbons (Fsp3) is 0.800. The van der Waals surface area contributed by atoms with Crippen LogP contribution in [0.3, 0.4) is 0 Å². The third kappa shape index (κ3) is 2.54. The Hall–Kier alpha value is -0.940. The predicted molar refractivity (Wildman–Crippen MR) is 56.3 cm³/mol. The van der Waals surface area contributed by atoms with E-state index in [0.29, 0.717) is 19.3 Å². The Labute approximate surface area is 90.0 Å². The van der Waals surface area contributed by atoms with Gasteiger partial charge in [-0.05, 0) is 11.8 Å². The summed E-state index contributed by atoms with van der Waals surface area (Å²) in [6.07, 6.45) is 1.08. The van der Waals surface area contributed by atoms with E-state index in [1.807, 2.05) is 20.8 Å². The third-order valence-corrected chi connectivity index (χ3v) is 2.56. The van der Waals surface area contributed by atoms with Crippen LogP contribution in [0.4, 0.5) is 0 Å². The van der Waals surface area contributed by atoms with Gasteiger partial charge in [-0.2, -0.15) is 0 Å². The van der Waals surface area contributed by atoms with E-state index in [9.17, 15) is 9.59 Å². The minimum atomic E-state index is -0.433. The smallest absolute Gasteiger partial charge is 0.230 e. The molecule has 0 aliphatic carbocycles. The summed E-state index contributed by atoms with van der Waals surface area (Å²) in [4.78, 5) is 24.6. The van der Waals surface area contributed by atoms with E-state index in [0.717, 1.165) is 0 Å². The molecule has 0 unspecified atom stereocenters. The Bertz CT molecular complexity index is 254. The molecular formula is C10H19N3O2. The molecule has 1 saturated heterocycles. The van der Waals surface area contributed by atoms with Gasteiger partial charge >= 0.3 is 0 Å². The summed E-state index contributed by atoms with van der Waals surface area (Å²) >= 11 is 0. The fourth-order valence-electron chi connectivity index (χ4n) is 1.77. The lowest BCUT2D eigenvalue weighted by Crippen LogP contribution is -2.60. The quantitative estimate of drug-likeness (QED) is 0.394. The van der Waals surface area contributed by atoms with Crippen LogP contribution < -0.4 is 11.3 Å². The molecule has 2 amide bonds. The average molecular weight is 213 g/mol. The third-order valence-electron chi connectivity index (χ3n) is 2.56. The van der Waals surface area contributed by atoms with Crippen molar-refractivity contribution in [3.05, 3.63) is 0 Å². The average Bonchev–Trinajstić information content (AvgIpc) is 2.09. The highest BCUT2D eigenvalue weighted by Crippen LogP contribution is 2.25.